The van der Waals surface area contributed by atoms with Crippen LogP contribution in [-0.4, -0.2) is 0 Å². The molecule has 0 aromatic heterocycles. The molecule has 14 aromatic carbocycles. The molecule has 0 aliphatic rings. The Kier molecular flexibility index (Phi) is 13.6. The van der Waals surface area contributed by atoms with Crippen molar-refractivity contribution < 1.29 is 0 Å². The summed E-state index contributed by atoms with van der Waals surface area (Å²) in [4.78, 5) is 4.96. The number of hydrogen-bond acceptors (Lipinski definition) is 2. The second kappa shape index (κ2) is 22.1. The zero-order chi connectivity index (χ0) is 56.7. The summed E-state index contributed by atoms with van der Waals surface area (Å²) in [6.45, 7) is 8.83. The number of fused-ring (bicyclic) bond motifs is 5. The monoisotopic (exact) mass is 1070 g/mol. The zero-order valence-corrected chi connectivity index (χ0v) is 47.8. The maximum atomic E-state index is 2.48. The lowest BCUT2D eigenvalue weighted by molar-refractivity contribution is 1.25. The van der Waals surface area contributed by atoms with Crippen molar-refractivity contribution in [3.63, 3.8) is 0 Å². The molecule has 0 saturated heterocycles. The van der Waals surface area contributed by atoms with Gasteiger partial charge in [0.1, 0.15) is 0 Å². The van der Waals surface area contributed by atoms with Gasteiger partial charge in [0.25, 0.3) is 0 Å². The number of hydrogen-bond donors (Lipinski definition) is 0. The van der Waals surface area contributed by atoms with Crippen LogP contribution in [0.5, 0.6) is 0 Å². The second-order valence-corrected chi connectivity index (χ2v) is 22.4. The van der Waals surface area contributed by atoms with Gasteiger partial charge in [-0.15, -0.1) is 0 Å². The van der Waals surface area contributed by atoms with Gasteiger partial charge in [0, 0.05) is 33.5 Å². The predicted octanol–water partition coefficient (Wildman–Crippen LogP) is 23.3. The fraction of sp³-hybridized carbons (Fsp3) is 0.0488. The first-order valence-electron chi connectivity index (χ1n) is 29.1. The standard InChI is InChI=1S/C82H62N2/c1-55-29-47-79(57(3)49-55)83(71-43-39-63(40-44-71)61-31-35-65(36-32-61)69-23-15-21-67(51-69)59-17-7-5-8-18-59)81-53-77-74-26-12-14-28-76(74)82(54-78(77)73-25-11-13-27-75(73)81)84(80-48-30-56(2)50-58(80)4)72-45-41-64(42-46-72)62-33-37-66(38-34-62)70-24-16-22-68(52-70)60-19-9-6-10-20-60/h5-54H,1-4H3. The minimum absolute atomic E-state index is 1.10. The van der Waals surface area contributed by atoms with Crippen LogP contribution in [0.25, 0.3) is 99.1 Å². The summed E-state index contributed by atoms with van der Waals surface area (Å²) in [5.74, 6) is 0. The molecule has 0 radical (unpaired) electrons. The molecule has 0 spiro atoms. The van der Waals surface area contributed by atoms with Crippen LogP contribution in [0, 0.1) is 27.7 Å². The first kappa shape index (κ1) is 51.6. The largest absolute Gasteiger partial charge is 0.310 e. The molecule has 400 valence electrons. The highest BCUT2D eigenvalue weighted by molar-refractivity contribution is 6.24. The molecule has 14 rings (SSSR count). The topological polar surface area (TPSA) is 6.48 Å². The summed E-state index contributed by atoms with van der Waals surface area (Å²) >= 11 is 0. The van der Waals surface area contributed by atoms with E-state index in [2.05, 4.69) is 341 Å². The van der Waals surface area contributed by atoms with Gasteiger partial charge in [0.2, 0.25) is 0 Å². The third-order valence-electron chi connectivity index (χ3n) is 16.8. The van der Waals surface area contributed by atoms with E-state index in [0.717, 1.165) is 34.1 Å². The molecule has 0 bridgehead atoms. The normalized spacial score (nSPS) is 11.3. The second-order valence-electron chi connectivity index (χ2n) is 22.4. The van der Waals surface area contributed by atoms with Crippen LogP contribution in [0.1, 0.15) is 22.3 Å². The van der Waals surface area contributed by atoms with Gasteiger partial charge in [-0.05, 0) is 188 Å². The van der Waals surface area contributed by atoms with E-state index in [1.165, 1.54) is 121 Å². The fourth-order valence-corrected chi connectivity index (χ4v) is 12.5. The number of anilines is 6. The van der Waals surface area contributed by atoms with Crippen molar-refractivity contribution in [2.45, 2.75) is 27.7 Å². The van der Waals surface area contributed by atoms with Crippen LogP contribution in [-0.2, 0) is 0 Å². The molecule has 0 atom stereocenters. The Morgan fingerprint density at radius 3 is 0.786 bits per heavy atom. The maximum absolute atomic E-state index is 2.48. The van der Waals surface area contributed by atoms with E-state index in [0.29, 0.717) is 0 Å². The highest BCUT2D eigenvalue weighted by atomic mass is 15.2. The van der Waals surface area contributed by atoms with Crippen molar-refractivity contribution in [2.75, 3.05) is 9.80 Å². The van der Waals surface area contributed by atoms with Crippen LogP contribution < -0.4 is 9.80 Å². The Labute approximate surface area is 493 Å². The molecule has 0 N–H and O–H groups in total. The Balaban J connectivity index is 0.852. The first-order valence-corrected chi connectivity index (χ1v) is 29.1. The van der Waals surface area contributed by atoms with Crippen molar-refractivity contribution >= 4 is 66.4 Å². The molecule has 0 aliphatic carbocycles. The molecule has 0 amide bonds. The van der Waals surface area contributed by atoms with E-state index in [4.69, 9.17) is 0 Å². The van der Waals surface area contributed by atoms with Crippen molar-refractivity contribution in [1.29, 1.82) is 0 Å². The first-order chi connectivity index (χ1) is 41.3. The number of aryl methyl sites for hydroxylation is 4. The lowest BCUT2D eigenvalue weighted by Crippen LogP contribution is -2.13. The number of nitrogens with zero attached hydrogens (tertiary/aromatic N) is 2. The predicted molar refractivity (Wildman–Crippen MR) is 360 cm³/mol. The quantitative estimate of drug-likeness (QED) is 0.113. The number of rotatable bonds is 12. The van der Waals surface area contributed by atoms with Gasteiger partial charge in [0.15, 0.2) is 0 Å². The van der Waals surface area contributed by atoms with E-state index in [-0.39, 0.29) is 0 Å². The van der Waals surface area contributed by atoms with Crippen LogP contribution in [0.15, 0.2) is 303 Å². The molecule has 0 aliphatic heterocycles. The molecule has 2 heteroatoms. The highest BCUT2D eigenvalue weighted by Crippen LogP contribution is 2.49. The summed E-state index contributed by atoms with van der Waals surface area (Å²) in [5.41, 5.74) is 26.1. The molecule has 0 unspecified atom stereocenters. The highest BCUT2D eigenvalue weighted by Gasteiger charge is 2.24. The summed E-state index contributed by atoms with van der Waals surface area (Å²) in [5, 5.41) is 7.16. The van der Waals surface area contributed by atoms with E-state index >= 15 is 0 Å². The fourth-order valence-electron chi connectivity index (χ4n) is 12.5. The lowest BCUT2D eigenvalue weighted by atomic mass is 9.93. The van der Waals surface area contributed by atoms with Crippen molar-refractivity contribution in [2.24, 2.45) is 0 Å². The third-order valence-corrected chi connectivity index (χ3v) is 16.8. The Bertz CT molecular complexity index is 4410. The van der Waals surface area contributed by atoms with Gasteiger partial charge in [0.05, 0.1) is 11.4 Å². The lowest BCUT2D eigenvalue weighted by Gasteiger charge is -2.31. The average Bonchev–Trinajstić information content (AvgIpc) is 2.48. The SMILES string of the molecule is Cc1ccc(N(c2ccc(-c3ccc(-c4cccc(-c5ccccc5)c4)cc3)cc2)c2cc3c4ccccc4c(N(c4ccc(-c5ccc(-c6cccc(-c7ccccc7)c6)cc5)cc4)c4ccc(C)cc4C)cc3c3ccccc23)c(C)c1. The maximum Gasteiger partial charge on any atom is 0.0546 e. The molecule has 0 heterocycles. The van der Waals surface area contributed by atoms with Crippen LogP contribution in [0.2, 0.25) is 0 Å². The van der Waals surface area contributed by atoms with Crippen LogP contribution in [0.3, 0.4) is 0 Å². The van der Waals surface area contributed by atoms with Crippen LogP contribution >= 0.6 is 0 Å². The van der Waals surface area contributed by atoms with Gasteiger partial charge in [-0.2, -0.15) is 0 Å². The van der Waals surface area contributed by atoms with Crippen molar-refractivity contribution in [3.05, 3.63) is 326 Å². The Morgan fingerprint density at radius 2 is 0.452 bits per heavy atom. The summed E-state index contributed by atoms with van der Waals surface area (Å²) in [7, 11) is 0. The molecule has 0 fully saturated rings. The molecular weight excluding hydrogens is 1010 g/mol. The molecule has 2 nitrogen and oxygen atoms in total. The van der Waals surface area contributed by atoms with Gasteiger partial charge in [-0.25, -0.2) is 0 Å². The van der Waals surface area contributed by atoms with E-state index in [1.54, 1.807) is 0 Å². The Morgan fingerprint density at radius 1 is 0.179 bits per heavy atom. The summed E-state index contributed by atoms with van der Waals surface area (Å²) < 4.78 is 0. The third kappa shape index (κ3) is 9.88. The van der Waals surface area contributed by atoms with E-state index in [9.17, 15) is 0 Å². The molecule has 14 aromatic rings. The zero-order valence-electron chi connectivity index (χ0n) is 47.8. The van der Waals surface area contributed by atoms with Crippen molar-refractivity contribution in [3.8, 4) is 66.8 Å². The molecule has 0 saturated carbocycles. The summed E-state index contributed by atoms with van der Waals surface area (Å²) in [6, 6.07) is 112. The Hall–Kier alpha value is -10.5. The molecular formula is C82H62N2. The number of benzene rings is 14. The smallest absolute Gasteiger partial charge is 0.0546 e. The summed E-state index contributed by atoms with van der Waals surface area (Å²) in [6.07, 6.45) is 0. The van der Waals surface area contributed by atoms with Gasteiger partial charge < -0.3 is 9.80 Å². The average molecular weight is 1080 g/mol. The van der Waals surface area contributed by atoms with Gasteiger partial charge in [-0.3, -0.25) is 0 Å². The van der Waals surface area contributed by atoms with Gasteiger partial charge >= 0.3 is 0 Å². The minimum atomic E-state index is 1.10. The van der Waals surface area contributed by atoms with E-state index < -0.39 is 0 Å². The minimum Gasteiger partial charge on any atom is -0.310 e. The molecule has 84 heavy (non-hydrogen) atoms. The van der Waals surface area contributed by atoms with Crippen molar-refractivity contribution in [1.82, 2.24) is 0 Å². The van der Waals surface area contributed by atoms with Crippen LogP contribution in [0.4, 0.5) is 34.1 Å². The van der Waals surface area contributed by atoms with E-state index in [1.807, 2.05) is 0 Å². The van der Waals surface area contributed by atoms with Gasteiger partial charge in [-0.1, -0.05) is 254 Å².